The summed E-state index contributed by atoms with van der Waals surface area (Å²) in [4.78, 5) is 31.0. The van der Waals surface area contributed by atoms with Crippen LogP contribution in [-0.2, 0) is 16.0 Å². The number of carbonyl (C=O) groups is 2. The highest BCUT2D eigenvalue weighted by atomic mass is 16.6. The van der Waals surface area contributed by atoms with Crippen molar-refractivity contribution < 1.29 is 14.3 Å². The van der Waals surface area contributed by atoms with Gasteiger partial charge in [0.05, 0.1) is 17.6 Å². The van der Waals surface area contributed by atoms with Crippen LogP contribution in [0.2, 0.25) is 0 Å². The van der Waals surface area contributed by atoms with Crippen LogP contribution in [0.25, 0.3) is 11.0 Å². The van der Waals surface area contributed by atoms with Gasteiger partial charge in [-0.3, -0.25) is 4.79 Å². The Kier molecular flexibility index (Phi) is 6.32. The molecule has 0 aliphatic carbocycles. The maximum atomic E-state index is 12.9. The van der Waals surface area contributed by atoms with Gasteiger partial charge in [-0.05, 0) is 31.4 Å². The molecule has 2 heterocycles. The molecule has 1 aliphatic heterocycles. The molecule has 1 atom stereocenters. The van der Waals surface area contributed by atoms with Crippen molar-refractivity contribution in [2.75, 3.05) is 26.2 Å². The lowest BCUT2D eigenvalue weighted by Crippen LogP contribution is -2.43. The topological polar surface area (TPSA) is 76.5 Å². The van der Waals surface area contributed by atoms with Crippen LogP contribution in [0.3, 0.4) is 0 Å². The first kappa shape index (κ1) is 19.2. The summed E-state index contributed by atoms with van der Waals surface area (Å²) in [5.74, 6) is 0.906. The number of nitrogens with zero attached hydrogens (tertiary/aromatic N) is 3. The van der Waals surface area contributed by atoms with Crippen molar-refractivity contribution in [3.05, 3.63) is 30.1 Å². The Morgan fingerprint density at radius 3 is 2.89 bits per heavy atom. The Bertz CT molecular complexity index is 802. The van der Waals surface area contributed by atoms with Gasteiger partial charge >= 0.3 is 6.09 Å². The Labute approximate surface area is 159 Å². The molecule has 3 rings (SSSR count). The molecule has 1 fully saturated rings. The van der Waals surface area contributed by atoms with Gasteiger partial charge in [-0.25, -0.2) is 9.78 Å². The van der Waals surface area contributed by atoms with E-state index in [1.54, 1.807) is 4.90 Å². The molecule has 146 valence electrons. The van der Waals surface area contributed by atoms with Crippen molar-refractivity contribution in [2.45, 2.75) is 45.6 Å². The van der Waals surface area contributed by atoms with E-state index >= 15 is 0 Å². The second-order valence-electron chi connectivity index (χ2n) is 6.81. The maximum absolute atomic E-state index is 12.9. The van der Waals surface area contributed by atoms with Crippen LogP contribution in [0.4, 0.5) is 4.79 Å². The molecular weight excluding hydrogens is 344 g/mol. The highest BCUT2D eigenvalue weighted by Crippen LogP contribution is 2.24. The van der Waals surface area contributed by atoms with Gasteiger partial charge in [0.25, 0.3) is 0 Å². The standard InChI is InChI=1S/C20H28N4O3/c1-3-8-18-22-15-9-5-6-10-17(15)24(18)16(4-2)19(25)21-11-13-23-12-7-14-27-20(23)26/h5-6,9-10,16H,3-4,7-8,11-14H2,1-2H3,(H,21,25)/t16-/m0/s1. The van der Waals surface area contributed by atoms with E-state index in [2.05, 4.69) is 16.8 Å². The first-order valence-corrected chi connectivity index (χ1v) is 9.81. The maximum Gasteiger partial charge on any atom is 0.409 e. The third kappa shape index (κ3) is 4.23. The fourth-order valence-electron chi connectivity index (χ4n) is 3.56. The van der Waals surface area contributed by atoms with E-state index in [1.807, 2.05) is 31.2 Å². The lowest BCUT2D eigenvalue weighted by molar-refractivity contribution is -0.124. The quantitative estimate of drug-likeness (QED) is 0.773. The van der Waals surface area contributed by atoms with Gasteiger partial charge in [0.2, 0.25) is 5.91 Å². The zero-order chi connectivity index (χ0) is 19.2. The number of carbonyl (C=O) groups excluding carboxylic acids is 2. The predicted octanol–water partition coefficient (Wildman–Crippen LogP) is 2.90. The molecule has 1 aromatic heterocycles. The number of aromatic nitrogens is 2. The number of hydrogen-bond donors (Lipinski definition) is 1. The predicted molar refractivity (Wildman–Crippen MR) is 104 cm³/mol. The number of ether oxygens (including phenoxy) is 1. The van der Waals surface area contributed by atoms with Crippen molar-refractivity contribution in [1.82, 2.24) is 19.8 Å². The first-order valence-electron chi connectivity index (χ1n) is 9.81. The summed E-state index contributed by atoms with van der Waals surface area (Å²) in [6, 6.07) is 7.63. The van der Waals surface area contributed by atoms with Crippen molar-refractivity contribution in [3.63, 3.8) is 0 Å². The number of fused-ring (bicyclic) bond motifs is 1. The number of rotatable bonds is 8. The minimum atomic E-state index is -0.313. The summed E-state index contributed by atoms with van der Waals surface area (Å²) in [6.07, 6.45) is 3.01. The van der Waals surface area contributed by atoms with Gasteiger partial charge in [-0.1, -0.05) is 26.0 Å². The average Bonchev–Trinajstić information content (AvgIpc) is 3.02. The van der Waals surface area contributed by atoms with Crippen LogP contribution in [0, 0.1) is 0 Å². The smallest absolute Gasteiger partial charge is 0.409 e. The summed E-state index contributed by atoms with van der Waals surface area (Å²) in [5.41, 5.74) is 1.91. The molecule has 2 amide bonds. The molecule has 0 bridgehead atoms. The zero-order valence-corrected chi connectivity index (χ0v) is 16.1. The number of cyclic esters (lactones) is 1. The van der Waals surface area contributed by atoms with Crippen molar-refractivity contribution >= 4 is 23.0 Å². The molecule has 0 unspecified atom stereocenters. The lowest BCUT2D eigenvalue weighted by Gasteiger charge is -2.27. The van der Waals surface area contributed by atoms with Gasteiger partial charge < -0.3 is 19.5 Å². The number of amides is 2. The lowest BCUT2D eigenvalue weighted by atomic mass is 10.1. The van der Waals surface area contributed by atoms with Crippen LogP contribution in [0.15, 0.2) is 24.3 Å². The highest BCUT2D eigenvalue weighted by Gasteiger charge is 2.24. The first-order chi connectivity index (χ1) is 13.2. The summed E-state index contributed by atoms with van der Waals surface area (Å²) in [6.45, 7) is 6.17. The molecule has 0 radical (unpaired) electrons. The van der Waals surface area contributed by atoms with Gasteiger partial charge in [-0.2, -0.15) is 0 Å². The van der Waals surface area contributed by atoms with Crippen LogP contribution < -0.4 is 5.32 Å². The van der Waals surface area contributed by atoms with Crippen molar-refractivity contribution in [2.24, 2.45) is 0 Å². The average molecular weight is 372 g/mol. The molecule has 1 aromatic carbocycles. The number of para-hydroxylation sites is 2. The number of hydrogen-bond acceptors (Lipinski definition) is 4. The van der Waals surface area contributed by atoms with Crippen molar-refractivity contribution in [1.29, 1.82) is 0 Å². The largest absolute Gasteiger partial charge is 0.449 e. The normalized spacial score (nSPS) is 15.6. The Balaban J connectivity index is 1.72. The van der Waals surface area contributed by atoms with Crippen LogP contribution in [0.1, 0.15) is 45.0 Å². The molecule has 7 heteroatoms. The third-order valence-electron chi connectivity index (χ3n) is 4.88. The van der Waals surface area contributed by atoms with E-state index in [0.717, 1.165) is 36.1 Å². The summed E-state index contributed by atoms with van der Waals surface area (Å²) < 4.78 is 7.10. The Morgan fingerprint density at radius 2 is 2.15 bits per heavy atom. The Morgan fingerprint density at radius 1 is 1.33 bits per heavy atom. The molecule has 27 heavy (non-hydrogen) atoms. The molecule has 1 N–H and O–H groups in total. The second kappa shape index (κ2) is 8.88. The van der Waals surface area contributed by atoms with Crippen LogP contribution >= 0.6 is 0 Å². The monoisotopic (exact) mass is 372 g/mol. The van der Waals surface area contributed by atoms with E-state index < -0.39 is 0 Å². The van der Waals surface area contributed by atoms with E-state index in [1.165, 1.54) is 0 Å². The fourth-order valence-corrected chi connectivity index (χ4v) is 3.56. The third-order valence-corrected chi connectivity index (χ3v) is 4.88. The summed E-state index contributed by atoms with van der Waals surface area (Å²) in [7, 11) is 0. The molecular formula is C20H28N4O3. The molecule has 1 saturated heterocycles. The highest BCUT2D eigenvalue weighted by molar-refractivity contribution is 5.84. The molecule has 1 aliphatic rings. The van der Waals surface area contributed by atoms with Crippen LogP contribution in [-0.4, -0.2) is 52.7 Å². The van der Waals surface area contributed by atoms with Crippen LogP contribution in [0.5, 0.6) is 0 Å². The van der Waals surface area contributed by atoms with Gasteiger partial charge in [0.15, 0.2) is 0 Å². The van der Waals surface area contributed by atoms with E-state index in [0.29, 0.717) is 32.7 Å². The summed E-state index contributed by atoms with van der Waals surface area (Å²) in [5, 5.41) is 2.99. The molecule has 7 nitrogen and oxygen atoms in total. The van der Waals surface area contributed by atoms with Crippen molar-refractivity contribution in [3.8, 4) is 0 Å². The fraction of sp³-hybridized carbons (Fsp3) is 0.550. The van der Waals surface area contributed by atoms with E-state index in [4.69, 9.17) is 9.72 Å². The van der Waals surface area contributed by atoms with Gasteiger partial charge in [0.1, 0.15) is 11.9 Å². The van der Waals surface area contributed by atoms with E-state index in [-0.39, 0.29) is 18.0 Å². The Hall–Kier alpha value is -2.57. The number of aryl methyl sites for hydroxylation is 1. The minimum absolute atomic E-state index is 0.0385. The SMILES string of the molecule is CCCc1nc2ccccc2n1[C@@H](CC)C(=O)NCCN1CCCOC1=O. The minimum Gasteiger partial charge on any atom is -0.449 e. The van der Waals surface area contributed by atoms with Gasteiger partial charge in [0, 0.05) is 26.1 Å². The molecule has 0 spiro atoms. The summed E-state index contributed by atoms with van der Waals surface area (Å²) >= 11 is 0. The molecule has 0 saturated carbocycles. The zero-order valence-electron chi connectivity index (χ0n) is 16.1. The number of imidazole rings is 1. The van der Waals surface area contributed by atoms with Gasteiger partial charge in [-0.15, -0.1) is 0 Å². The number of benzene rings is 1. The molecule has 2 aromatic rings. The van der Waals surface area contributed by atoms with E-state index in [9.17, 15) is 9.59 Å². The number of nitrogens with one attached hydrogen (secondary N) is 1. The second-order valence-corrected chi connectivity index (χ2v) is 6.81.